The number of carboxylic acid groups (broad SMARTS) is 1. The summed E-state index contributed by atoms with van der Waals surface area (Å²) in [6.45, 7) is 0. The van der Waals surface area contributed by atoms with Crippen LogP contribution in [0.1, 0.15) is 16.3 Å². The summed E-state index contributed by atoms with van der Waals surface area (Å²) in [5.41, 5.74) is 0. The van der Waals surface area contributed by atoms with Crippen LogP contribution in [0.4, 0.5) is 0 Å². The van der Waals surface area contributed by atoms with Crippen molar-refractivity contribution in [3.8, 4) is 0 Å². The van der Waals surface area contributed by atoms with Gasteiger partial charge in [0.2, 0.25) is 5.76 Å². The molecule has 0 aliphatic heterocycles. The molecule has 0 atom stereocenters. The maximum absolute atomic E-state index is 11.2. The molecule has 0 fully saturated rings. The third-order valence-electron chi connectivity index (χ3n) is 1.53. The molecular formula is C8H10O6S. The minimum Gasteiger partial charge on any atom is -0.475 e. The van der Waals surface area contributed by atoms with Crippen LogP contribution in [0.3, 0.4) is 0 Å². The summed E-state index contributed by atoms with van der Waals surface area (Å²) in [6.07, 6.45) is 0. The lowest BCUT2D eigenvalue weighted by Crippen LogP contribution is -2.10. The Morgan fingerprint density at radius 2 is 2.20 bits per heavy atom. The summed E-state index contributed by atoms with van der Waals surface area (Å²) in [5.74, 6) is -2.21. The number of aromatic carboxylic acids is 1. The van der Waals surface area contributed by atoms with Crippen LogP contribution >= 0.6 is 0 Å². The van der Waals surface area contributed by atoms with Crippen molar-refractivity contribution in [2.24, 2.45) is 0 Å². The SMILES string of the molecule is COCS(=O)(=O)Cc1ccc(C(=O)O)o1. The van der Waals surface area contributed by atoms with Crippen molar-refractivity contribution in [3.05, 3.63) is 23.7 Å². The van der Waals surface area contributed by atoms with E-state index in [1.165, 1.54) is 19.2 Å². The van der Waals surface area contributed by atoms with Crippen LogP contribution in [0.2, 0.25) is 0 Å². The average molecular weight is 234 g/mol. The number of carboxylic acids is 1. The Hall–Kier alpha value is -1.34. The van der Waals surface area contributed by atoms with Gasteiger partial charge in [0, 0.05) is 7.11 Å². The fourth-order valence-corrected chi connectivity index (χ4v) is 2.04. The Morgan fingerprint density at radius 3 is 2.67 bits per heavy atom. The third-order valence-corrected chi connectivity index (χ3v) is 2.85. The van der Waals surface area contributed by atoms with Gasteiger partial charge in [-0.15, -0.1) is 0 Å². The molecule has 0 spiro atoms. The number of sulfone groups is 1. The first kappa shape index (κ1) is 11.7. The molecular weight excluding hydrogens is 224 g/mol. The first-order valence-corrected chi connectivity index (χ1v) is 5.78. The van der Waals surface area contributed by atoms with Crippen LogP contribution in [0.25, 0.3) is 0 Å². The van der Waals surface area contributed by atoms with E-state index in [0.29, 0.717) is 0 Å². The zero-order chi connectivity index (χ0) is 11.5. The van der Waals surface area contributed by atoms with Gasteiger partial charge in [-0.25, -0.2) is 13.2 Å². The van der Waals surface area contributed by atoms with Gasteiger partial charge >= 0.3 is 5.97 Å². The van der Waals surface area contributed by atoms with Crippen LogP contribution in [0, 0.1) is 0 Å². The van der Waals surface area contributed by atoms with Gasteiger partial charge in [-0.3, -0.25) is 0 Å². The summed E-state index contributed by atoms with van der Waals surface area (Å²) in [7, 11) is -2.14. The number of carbonyl (C=O) groups is 1. The van der Waals surface area contributed by atoms with Gasteiger partial charge in [0.1, 0.15) is 17.5 Å². The number of ether oxygens (including phenoxy) is 1. The van der Waals surface area contributed by atoms with Crippen molar-refractivity contribution in [3.63, 3.8) is 0 Å². The lowest BCUT2D eigenvalue weighted by molar-refractivity contribution is 0.0660. The highest BCUT2D eigenvalue weighted by molar-refractivity contribution is 7.90. The molecule has 7 heteroatoms. The van der Waals surface area contributed by atoms with Gasteiger partial charge in [0.05, 0.1) is 0 Å². The fourth-order valence-electron chi connectivity index (χ4n) is 1.01. The standard InChI is InChI=1S/C8H10O6S/c1-13-5-15(11,12)4-6-2-3-7(14-6)8(9)10/h2-3H,4-5H2,1H3,(H,9,10). The van der Waals surface area contributed by atoms with E-state index in [1.807, 2.05) is 0 Å². The second-order valence-electron chi connectivity index (χ2n) is 2.87. The topological polar surface area (TPSA) is 93.8 Å². The summed E-state index contributed by atoms with van der Waals surface area (Å²) < 4.78 is 31.8. The molecule has 84 valence electrons. The Morgan fingerprint density at radius 1 is 1.53 bits per heavy atom. The van der Waals surface area contributed by atoms with Gasteiger partial charge in [-0.1, -0.05) is 0 Å². The first-order valence-electron chi connectivity index (χ1n) is 3.96. The van der Waals surface area contributed by atoms with Crippen molar-refractivity contribution < 1.29 is 27.5 Å². The van der Waals surface area contributed by atoms with Crippen molar-refractivity contribution in [2.45, 2.75) is 5.75 Å². The fraction of sp³-hybridized carbons (Fsp3) is 0.375. The zero-order valence-electron chi connectivity index (χ0n) is 7.97. The molecule has 1 aromatic heterocycles. The van der Waals surface area contributed by atoms with Gasteiger partial charge in [0.15, 0.2) is 9.84 Å². The Kier molecular flexibility index (Phi) is 3.48. The molecule has 0 saturated heterocycles. The average Bonchev–Trinajstić information content (AvgIpc) is 2.51. The Bertz CT molecular complexity index is 443. The molecule has 1 N–H and O–H groups in total. The molecule has 0 unspecified atom stereocenters. The van der Waals surface area contributed by atoms with Crippen LogP contribution in [-0.2, 0) is 20.3 Å². The molecule has 0 amide bonds. The van der Waals surface area contributed by atoms with Crippen molar-refractivity contribution >= 4 is 15.8 Å². The highest BCUT2D eigenvalue weighted by atomic mass is 32.2. The molecule has 0 aliphatic carbocycles. The van der Waals surface area contributed by atoms with Gasteiger partial charge in [-0.2, -0.15) is 0 Å². The van der Waals surface area contributed by atoms with E-state index in [4.69, 9.17) is 9.52 Å². The van der Waals surface area contributed by atoms with Crippen molar-refractivity contribution in [2.75, 3.05) is 13.0 Å². The Labute approximate surface area is 86.4 Å². The summed E-state index contributed by atoms with van der Waals surface area (Å²) in [5, 5.41) is 8.53. The predicted octanol–water partition coefficient (Wildman–Crippen LogP) is 0.497. The van der Waals surface area contributed by atoms with Gasteiger partial charge in [0.25, 0.3) is 0 Å². The van der Waals surface area contributed by atoms with Crippen LogP contribution in [-0.4, -0.2) is 32.5 Å². The van der Waals surface area contributed by atoms with E-state index in [9.17, 15) is 13.2 Å². The largest absolute Gasteiger partial charge is 0.475 e. The van der Waals surface area contributed by atoms with E-state index in [0.717, 1.165) is 0 Å². The summed E-state index contributed by atoms with van der Waals surface area (Å²) in [6, 6.07) is 2.52. The molecule has 0 aromatic carbocycles. The second kappa shape index (κ2) is 4.45. The smallest absolute Gasteiger partial charge is 0.371 e. The van der Waals surface area contributed by atoms with E-state index in [2.05, 4.69) is 4.74 Å². The van der Waals surface area contributed by atoms with E-state index in [1.54, 1.807) is 0 Å². The molecule has 6 nitrogen and oxygen atoms in total. The van der Waals surface area contributed by atoms with E-state index in [-0.39, 0.29) is 17.3 Å². The molecule has 0 saturated carbocycles. The molecule has 0 radical (unpaired) electrons. The maximum atomic E-state index is 11.2. The molecule has 15 heavy (non-hydrogen) atoms. The minimum atomic E-state index is -3.41. The van der Waals surface area contributed by atoms with E-state index < -0.39 is 21.7 Å². The monoisotopic (exact) mass is 234 g/mol. The zero-order valence-corrected chi connectivity index (χ0v) is 8.78. The lowest BCUT2D eigenvalue weighted by atomic mass is 10.4. The number of hydrogen-bond acceptors (Lipinski definition) is 5. The highest BCUT2D eigenvalue weighted by Gasteiger charge is 2.16. The summed E-state index contributed by atoms with van der Waals surface area (Å²) >= 11 is 0. The highest BCUT2D eigenvalue weighted by Crippen LogP contribution is 2.11. The number of furan rings is 1. The second-order valence-corrected chi connectivity index (χ2v) is 4.88. The van der Waals surface area contributed by atoms with E-state index >= 15 is 0 Å². The molecule has 0 aliphatic rings. The van der Waals surface area contributed by atoms with Crippen LogP contribution in [0.5, 0.6) is 0 Å². The molecule has 1 heterocycles. The summed E-state index contributed by atoms with van der Waals surface area (Å²) in [4.78, 5) is 10.4. The number of methoxy groups -OCH3 is 1. The molecule has 0 bridgehead atoms. The lowest BCUT2D eigenvalue weighted by Gasteiger charge is -1.99. The van der Waals surface area contributed by atoms with Gasteiger partial charge < -0.3 is 14.3 Å². The Balaban J connectivity index is 2.77. The third kappa shape index (κ3) is 3.37. The number of rotatable bonds is 5. The normalized spacial score (nSPS) is 11.5. The predicted molar refractivity (Wildman–Crippen MR) is 50.2 cm³/mol. The number of hydrogen-bond donors (Lipinski definition) is 1. The maximum Gasteiger partial charge on any atom is 0.371 e. The molecule has 1 rings (SSSR count). The molecule has 1 aromatic rings. The van der Waals surface area contributed by atoms with Crippen LogP contribution in [0.15, 0.2) is 16.5 Å². The van der Waals surface area contributed by atoms with Crippen molar-refractivity contribution in [1.82, 2.24) is 0 Å². The minimum absolute atomic E-state index is 0.0875. The van der Waals surface area contributed by atoms with Crippen molar-refractivity contribution in [1.29, 1.82) is 0 Å². The van der Waals surface area contributed by atoms with Crippen LogP contribution < -0.4 is 0 Å². The van der Waals surface area contributed by atoms with Gasteiger partial charge in [-0.05, 0) is 12.1 Å². The quantitative estimate of drug-likeness (QED) is 0.797. The first-order chi connectivity index (χ1) is 6.94.